The first-order valence-corrected chi connectivity index (χ1v) is 9.91. The number of ether oxygens (including phenoxy) is 2. The fraction of sp³-hybridized carbons (Fsp3) is 0.409. The molecule has 2 aromatic rings. The molecule has 4 rings (SSSR count). The third kappa shape index (κ3) is 4.09. The molecule has 2 aliphatic heterocycles. The van der Waals surface area contributed by atoms with Gasteiger partial charge in [0.25, 0.3) is 0 Å². The summed E-state index contributed by atoms with van der Waals surface area (Å²) >= 11 is 0. The van der Waals surface area contributed by atoms with Crippen molar-refractivity contribution < 1.29 is 18.7 Å². The predicted octanol–water partition coefficient (Wildman–Crippen LogP) is 3.36. The molecular weight excluding hydrogens is 373 g/mol. The van der Waals surface area contributed by atoms with Crippen molar-refractivity contribution in [2.75, 3.05) is 44.3 Å². The molecule has 154 valence electrons. The minimum Gasteiger partial charge on any atom is -0.486 e. The van der Waals surface area contributed by atoms with Crippen molar-refractivity contribution in [1.82, 2.24) is 10.2 Å². The van der Waals surface area contributed by atoms with Crippen LogP contribution in [-0.4, -0.2) is 50.3 Å². The van der Waals surface area contributed by atoms with Gasteiger partial charge < -0.3 is 24.6 Å². The zero-order valence-corrected chi connectivity index (χ0v) is 16.8. The Hall–Kier alpha value is -2.96. The van der Waals surface area contributed by atoms with E-state index in [4.69, 9.17) is 9.47 Å². The monoisotopic (exact) mass is 399 g/mol. The summed E-state index contributed by atoms with van der Waals surface area (Å²) in [4.78, 5) is 16.6. The van der Waals surface area contributed by atoms with Crippen LogP contribution in [0.25, 0.3) is 0 Å². The van der Waals surface area contributed by atoms with Gasteiger partial charge in [-0.3, -0.25) is 0 Å². The Kier molecular flexibility index (Phi) is 5.22. The predicted molar refractivity (Wildman–Crippen MR) is 109 cm³/mol. The first-order valence-electron chi connectivity index (χ1n) is 9.91. The second-order valence-electron chi connectivity index (χ2n) is 7.84. The number of fused-ring (bicyclic) bond motifs is 1. The number of benzene rings is 2. The zero-order chi connectivity index (χ0) is 20.4. The molecule has 1 saturated heterocycles. The van der Waals surface area contributed by atoms with Crippen molar-refractivity contribution in [3.8, 4) is 11.5 Å². The Morgan fingerprint density at radius 3 is 2.41 bits per heavy atom. The Labute approximate surface area is 170 Å². The summed E-state index contributed by atoms with van der Waals surface area (Å²) in [5, 5.41) is 3.11. The van der Waals surface area contributed by atoms with E-state index in [0.717, 1.165) is 11.3 Å². The van der Waals surface area contributed by atoms with Crippen LogP contribution in [-0.2, 0) is 5.54 Å². The average molecular weight is 399 g/mol. The van der Waals surface area contributed by atoms with Crippen molar-refractivity contribution >= 4 is 11.7 Å². The van der Waals surface area contributed by atoms with Crippen molar-refractivity contribution in [3.63, 3.8) is 0 Å². The van der Waals surface area contributed by atoms with Crippen LogP contribution in [0.1, 0.15) is 19.4 Å². The third-order valence-corrected chi connectivity index (χ3v) is 5.44. The zero-order valence-electron chi connectivity index (χ0n) is 16.8. The summed E-state index contributed by atoms with van der Waals surface area (Å²) in [5.41, 5.74) is 0.958. The van der Waals surface area contributed by atoms with Crippen LogP contribution in [0.3, 0.4) is 0 Å². The lowest BCUT2D eigenvalue weighted by atomic mass is 9.94. The van der Waals surface area contributed by atoms with E-state index in [9.17, 15) is 9.18 Å². The molecule has 2 heterocycles. The van der Waals surface area contributed by atoms with Gasteiger partial charge in [-0.05, 0) is 43.7 Å². The molecular formula is C22H26FN3O3. The van der Waals surface area contributed by atoms with Gasteiger partial charge in [-0.25, -0.2) is 9.18 Å². The molecule has 1 N–H and O–H groups in total. The topological polar surface area (TPSA) is 54.0 Å². The van der Waals surface area contributed by atoms with Gasteiger partial charge in [0.1, 0.15) is 19.0 Å². The molecule has 6 nitrogen and oxygen atoms in total. The molecule has 2 amide bonds. The van der Waals surface area contributed by atoms with Crippen LogP contribution >= 0.6 is 0 Å². The van der Waals surface area contributed by atoms with Gasteiger partial charge in [0.2, 0.25) is 0 Å². The maximum atomic E-state index is 14.0. The maximum Gasteiger partial charge on any atom is 0.318 e. The normalized spacial score (nSPS) is 16.5. The minimum absolute atomic E-state index is 0.127. The van der Waals surface area contributed by atoms with Crippen molar-refractivity contribution in [3.05, 3.63) is 53.8 Å². The van der Waals surface area contributed by atoms with Crippen LogP contribution in [0, 0.1) is 5.82 Å². The van der Waals surface area contributed by atoms with Crippen LogP contribution in [0.2, 0.25) is 0 Å². The fourth-order valence-electron chi connectivity index (χ4n) is 3.71. The van der Waals surface area contributed by atoms with Gasteiger partial charge in [-0.15, -0.1) is 0 Å². The Balaban J connectivity index is 1.38. The highest BCUT2D eigenvalue weighted by Gasteiger charge is 2.29. The first kappa shape index (κ1) is 19.4. The van der Waals surface area contributed by atoms with Crippen LogP contribution < -0.4 is 19.7 Å². The highest BCUT2D eigenvalue weighted by Crippen LogP contribution is 2.34. The van der Waals surface area contributed by atoms with E-state index in [2.05, 4.69) is 5.32 Å². The molecule has 0 saturated carbocycles. The number of nitrogens with one attached hydrogen (secondary N) is 1. The third-order valence-electron chi connectivity index (χ3n) is 5.44. The highest BCUT2D eigenvalue weighted by atomic mass is 19.1. The van der Waals surface area contributed by atoms with E-state index in [-0.39, 0.29) is 11.8 Å². The van der Waals surface area contributed by atoms with Crippen LogP contribution in [0.5, 0.6) is 11.5 Å². The second-order valence-corrected chi connectivity index (χ2v) is 7.84. The number of nitrogens with zero attached hydrogens (tertiary/aromatic N) is 2. The number of carbonyl (C=O) groups excluding carboxylic acids is 1. The summed E-state index contributed by atoms with van der Waals surface area (Å²) in [6.07, 6.45) is 0. The molecule has 0 aliphatic carbocycles. The molecule has 0 unspecified atom stereocenters. The molecule has 0 bridgehead atoms. The molecule has 2 aliphatic rings. The molecule has 29 heavy (non-hydrogen) atoms. The highest BCUT2D eigenvalue weighted by molar-refractivity contribution is 5.75. The number of carbonyl (C=O) groups is 1. The molecule has 0 atom stereocenters. The van der Waals surface area contributed by atoms with Gasteiger partial charge in [-0.2, -0.15) is 0 Å². The van der Waals surface area contributed by atoms with Crippen molar-refractivity contribution in [2.45, 2.75) is 19.4 Å². The average Bonchev–Trinajstić information content (AvgIpc) is 2.73. The number of halogens is 1. The van der Waals surface area contributed by atoms with Gasteiger partial charge in [0.05, 0.1) is 11.2 Å². The van der Waals surface area contributed by atoms with Gasteiger partial charge >= 0.3 is 6.03 Å². The van der Waals surface area contributed by atoms with Crippen LogP contribution in [0.15, 0.2) is 42.5 Å². The number of rotatable bonds is 3. The van der Waals surface area contributed by atoms with Crippen LogP contribution in [0.4, 0.5) is 14.9 Å². The lowest BCUT2D eigenvalue weighted by molar-refractivity contribution is 0.170. The first-order chi connectivity index (χ1) is 13.9. The summed E-state index contributed by atoms with van der Waals surface area (Å²) in [7, 11) is 0. The number of amides is 2. The van der Waals surface area contributed by atoms with E-state index in [1.807, 2.05) is 43.0 Å². The number of anilines is 1. The molecule has 7 heteroatoms. The van der Waals surface area contributed by atoms with Gasteiger partial charge in [0.15, 0.2) is 11.5 Å². The molecule has 0 spiro atoms. The molecule has 0 radical (unpaired) electrons. The second kappa shape index (κ2) is 7.81. The van der Waals surface area contributed by atoms with E-state index in [1.54, 1.807) is 17.0 Å². The summed E-state index contributed by atoms with van der Waals surface area (Å²) < 4.78 is 25.2. The lowest BCUT2D eigenvalue weighted by Crippen LogP contribution is -2.55. The number of urea groups is 1. The lowest BCUT2D eigenvalue weighted by Gasteiger charge is -2.38. The van der Waals surface area contributed by atoms with E-state index in [1.165, 1.54) is 6.07 Å². The fourth-order valence-corrected chi connectivity index (χ4v) is 3.71. The number of hydrogen-bond donors (Lipinski definition) is 1. The van der Waals surface area contributed by atoms with Crippen molar-refractivity contribution in [2.24, 2.45) is 0 Å². The standard InChI is InChI=1S/C22H26FN3O3/c1-22(2,16-7-8-19-20(15-16)29-14-13-28-19)24-21(27)26-11-9-25(10-12-26)18-6-4-3-5-17(18)23/h3-8,15H,9-14H2,1-2H3,(H,24,27). The molecule has 1 fully saturated rings. The van der Waals surface area contributed by atoms with Gasteiger partial charge in [-0.1, -0.05) is 18.2 Å². The molecule has 2 aromatic carbocycles. The summed E-state index contributed by atoms with van der Waals surface area (Å²) in [6.45, 7) is 7.27. The van der Waals surface area contributed by atoms with E-state index >= 15 is 0 Å². The quantitative estimate of drug-likeness (QED) is 0.860. The number of hydrogen-bond acceptors (Lipinski definition) is 4. The summed E-state index contributed by atoms with van der Waals surface area (Å²) in [5.74, 6) is 1.20. The maximum absolute atomic E-state index is 14.0. The summed E-state index contributed by atoms with van der Waals surface area (Å²) in [6, 6.07) is 12.4. The largest absolute Gasteiger partial charge is 0.486 e. The van der Waals surface area contributed by atoms with E-state index < -0.39 is 5.54 Å². The van der Waals surface area contributed by atoms with Crippen molar-refractivity contribution in [1.29, 1.82) is 0 Å². The Morgan fingerprint density at radius 2 is 1.69 bits per heavy atom. The smallest absolute Gasteiger partial charge is 0.318 e. The minimum atomic E-state index is -0.574. The SMILES string of the molecule is CC(C)(NC(=O)N1CCN(c2ccccc2F)CC1)c1ccc2c(c1)OCCO2. The van der Waals surface area contributed by atoms with Gasteiger partial charge in [0, 0.05) is 26.2 Å². The van der Waals surface area contributed by atoms with E-state index in [0.29, 0.717) is 50.8 Å². The Bertz CT molecular complexity index is 895. The molecule has 0 aromatic heterocycles. The number of para-hydroxylation sites is 1. The Morgan fingerprint density at radius 1 is 1.00 bits per heavy atom. The number of piperazine rings is 1.